The van der Waals surface area contributed by atoms with Gasteiger partial charge in [0.1, 0.15) is 30.3 Å². The van der Waals surface area contributed by atoms with Gasteiger partial charge in [0.2, 0.25) is 9.70 Å². The molecule has 2 aliphatic rings. The Hall–Kier alpha value is -5.78. The lowest BCUT2D eigenvalue weighted by Crippen LogP contribution is -2.80. The van der Waals surface area contributed by atoms with E-state index in [4.69, 9.17) is 64.2 Å². The molecule has 0 aliphatic carbocycles. The van der Waals surface area contributed by atoms with Gasteiger partial charge >= 0.3 is 24.1 Å². The van der Waals surface area contributed by atoms with E-state index >= 15 is 0 Å². The molecule has 2 heterocycles. The molecule has 0 radical (unpaired) electrons. The number of esters is 2. The van der Waals surface area contributed by atoms with Crippen molar-refractivity contribution in [2.45, 2.75) is 52.4 Å². The Kier molecular flexibility index (Phi) is 16.2. The zero-order valence-electron chi connectivity index (χ0n) is 34.2. The number of benzene rings is 4. The van der Waals surface area contributed by atoms with Crippen molar-refractivity contribution in [3.63, 3.8) is 0 Å². The van der Waals surface area contributed by atoms with Gasteiger partial charge in [-0.25, -0.2) is 19.2 Å². The molecule has 3 atom stereocenters. The molecule has 4 amide bonds. The van der Waals surface area contributed by atoms with Crippen molar-refractivity contribution < 1.29 is 52.5 Å². The number of carbonyl (C=O) groups excluding carboxylic acids is 6. The van der Waals surface area contributed by atoms with Crippen LogP contribution in [0.5, 0.6) is 0 Å². The van der Waals surface area contributed by atoms with Crippen LogP contribution in [0.4, 0.5) is 9.59 Å². The molecule has 0 unspecified atom stereocenters. The lowest BCUT2D eigenvalue weighted by molar-refractivity contribution is -0.193. The van der Waals surface area contributed by atoms with Crippen molar-refractivity contribution in [3.8, 4) is 0 Å². The van der Waals surface area contributed by atoms with E-state index in [0.29, 0.717) is 22.3 Å². The first-order valence-corrected chi connectivity index (χ1v) is 22.0. The summed E-state index contributed by atoms with van der Waals surface area (Å²) in [5.41, 5.74) is 6.02. The summed E-state index contributed by atoms with van der Waals surface area (Å²) in [7, 11) is 1.24. The van der Waals surface area contributed by atoms with Gasteiger partial charge in [-0.2, -0.15) is 0 Å². The van der Waals surface area contributed by atoms with Crippen LogP contribution in [0.2, 0.25) is 0 Å². The highest BCUT2D eigenvalue weighted by molar-refractivity contribution is 8.00. The first-order valence-electron chi connectivity index (χ1n) is 19.8. The Morgan fingerprint density at radius 1 is 0.797 bits per heavy atom. The van der Waals surface area contributed by atoms with Gasteiger partial charge in [-0.1, -0.05) is 156 Å². The lowest BCUT2D eigenvalue weighted by atomic mass is 9.97. The molecule has 64 heavy (non-hydrogen) atoms. The number of nitrogens with one attached hydrogen (secondary N) is 2. The van der Waals surface area contributed by atoms with Crippen LogP contribution in [-0.4, -0.2) is 87.8 Å². The van der Waals surface area contributed by atoms with E-state index in [1.807, 2.05) is 24.3 Å². The Balaban J connectivity index is 1.17. The number of fused-ring (bicyclic) bond motifs is 1. The quantitative estimate of drug-likeness (QED) is 0.0303. The summed E-state index contributed by atoms with van der Waals surface area (Å²) in [6.07, 6.45) is -4.32. The fourth-order valence-electron chi connectivity index (χ4n) is 7.05. The van der Waals surface area contributed by atoms with Crippen molar-refractivity contribution in [1.29, 1.82) is 0 Å². The second-order valence-corrected chi connectivity index (χ2v) is 18.0. The van der Waals surface area contributed by atoms with E-state index in [1.54, 1.807) is 97.1 Å². The van der Waals surface area contributed by atoms with E-state index < -0.39 is 82.3 Å². The van der Waals surface area contributed by atoms with E-state index in [0.717, 1.165) is 16.7 Å². The summed E-state index contributed by atoms with van der Waals surface area (Å²) in [4.78, 5) is 81.6. The van der Waals surface area contributed by atoms with Gasteiger partial charge in [-0.3, -0.25) is 14.5 Å². The van der Waals surface area contributed by atoms with Gasteiger partial charge in [0.15, 0.2) is 12.2 Å². The van der Waals surface area contributed by atoms with Crippen LogP contribution in [0, 0.1) is 0 Å². The number of hydrogen-bond acceptors (Lipinski definition) is 12. The largest absolute Gasteiger partial charge is 0.451 e. The number of nitrogens with two attached hydrogens (primary N) is 1. The molecule has 2 aliphatic heterocycles. The minimum Gasteiger partial charge on any atom is -0.451 e. The number of alkyl carbamates (subject to hydrolysis) is 1. The normalized spacial score (nSPS) is 17.4. The summed E-state index contributed by atoms with van der Waals surface area (Å²) in [5.74, 6) is -3.13. The molecule has 0 spiro atoms. The molecule has 19 heteroatoms. The number of halogens is 3. The molecule has 1 fully saturated rings. The van der Waals surface area contributed by atoms with Gasteiger partial charge in [0.05, 0.1) is 0 Å². The Bertz CT molecular complexity index is 2250. The zero-order chi connectivity index (χ0) is 45.9. The number of carbonyl (C=O) groups is 6. The first-order chi connectivity index (χ1) is 30.7. The van der Waals surface area contributed by atoms with E-state index in [9.17, 15) is 28.8 Å². The maximum absolute atomic E-state index is 14.2. The number of alkyl halides is 3. The second-order valence-electron chi connectivity index (χ2n) is 14.4. The van der Waals surface area contributed by atoms with Crippen molar-refractivity contribution >= 4 is 82.5 Å². The highest BCUT2D eigenvalue weighted by atomic mass is 35.6. The molecule has 336 valence electrons. The van der Waals surface area contributed by atoms with E-state index in [1.165, 1.54) is 7.11 Å². The number of hydrogen-bond donors (Lipinski definition) is 3. The molecule has 4 N–H and O–H groups in total. The lowest BCUT2D eigenvalue weighted by Gasteiger charge is -2.56. The fourth-order valence-corrected chi connectivity index (χ4v) is 8.63. The summed E-state index contributed by atoms with van der Waals surface area (Å²) < 4.78 is 26.0. The highest BCUT2D eigenvalue weighted by Crippen LogP contribution is 2.47. The SMILES string of the molecule is CO[C@@]1(NC(=O)CCC[C@@H](NC(=O)OCC(Cl)(Cl)Cl)C(=O)OC(c2ccccc2)c2ccccc2)C(=O)N2C(C(=O)OC(c3ccccc3)c3ccccc3)=C(COC(N)=O)CS[C@@H]21. The third-order valence-electron chi connectivity index (χ3n) is 10.0. The van der Waals surface area contributed by atoms with Gasteiger partial charge in [-0.05, 0) is 35.1 Å². The minimum atomic E-state index is -1.93. The molecule has 4 aromatic rings. The third kappa shape index (κ3) is 11.9. The van der Waals surface area contributed by atoms with Crippen LogP contribution in [-0.2, 0) is 42.9 Å². The average Bonchev–Trinajstić information content (AvgIpc) is 3.30. The standard InChI is InChI=1S/C45H43Cl3N4O11S/c1-59-45(40(56)52-35(32(25-60-42(49)57)26-64-41(45)52)39(55)63-37(30-19-10-4-11-20-30)31-21-12-5-13-22-31)51-34(53)24-14-23-33(50-43(58)61-27-44(46,47)48)38(54)62-36(28-15-6-2-7-16-28)29-17-8-3-9-18-29/h2-13,15-22,33,36-37,41H,14,23-27H2,1H3,(H2,49,57)(H,50,58)(H,51,53)/t33-,41-,45+/m1/s1. The predicted molar refractivity (Wildman–Crippen MR) is 238 cm³/mol. The van der Waals surface area contributed by atoms with Crippen LogP contribution in [0.1, 0.15) is 53.7 Å². The molecular formula is C45H43Cl3N4O11S. The van der Waals surface area contributed by atoms with Crippen molar-refractivity contribution in [1.82, 2.24) is 15.5 Å². The maximum Gasteiger partial charge on any atom is 0.407 e. The third-order valence-corrected chi connectivity index (χ3v) is 11.7. The van der Waals surface area contributed by atoms with Crippen molar-refractivity contribution in [2.75, 3.05) is 26.1 Å². The smallest absolute Gasteiger partial charge is 0.407 e. The zero-order valence-corrected chi connectivity index (χ0v) is 37.2. The molecule has 6 rings (SSSR count). The number of β-lactam (4-membered cyclic amide) rings is 1. The van der Waals surface area contributed by atoms with E-state index in [-0.39, 0.29) is 36.3 Å². The number of ether oxygens (including phenoxy) is 5. The van der Waals surface area contributed by atoms with Gasteiger partial charge in [0, 0.05) is 24.9 Å². The van der Waals surface area contributed by atoms with Gasteiger partial charge < -0.3 is 40.1 Å². The first kappa shape index (κ1) is 47.7. The molecule has 15 nitrogen and oxygen atoms in total. The summed E-state index contributed by atoms with van der Waals surface area (Å²) >= 11 is 18.4. The van der Waals surface area contributed by atoms with Gasteiger partial charge in [-0.15, -0.1) is 11.8 Å². The van der Waals surface area contributed by atoms with Crippen molar-refractivity contribution in [2.24, 2.45) is 5.73 Å². The summed E-state index contributed by atoms with van der Waals surface area (Å²) in [5, 5.41) is 4.16. The number of amides is 4. The molecule has 1 saturated heterocycles. The molecule has 0 aromatic heterocycles. The molecule has 0 bridgehead atoms. The van der Waals surface area contributed by atoms with E-state index in [2.05, 4.69) is 10.6 Å². The molecular weight excluding hydrogens is 911 g/mol. The number of primary amides is 1. The number of nitrogens with zero attached hydrogens (tertiary/aromatic N) is 1. The maximum atomic E-state index is 14.2. The average molecular weight is 954 g/mol. The highest BCUT2D eigenvalue weighted by Gasteiger charge is 2.67. The van der Waals surface area contributed by atoms with Crippen LogP contribution in [0.25, 0.3) is 0 Å². The summed E-state index contributed by atoms with van der Waals surface area (Å²) in [6.45, 7) is -1.04. The topological polar surface area (TPSA) is 202 Å². The number of methoxy groups -OCH3 is 1. The van der Waals surface area contributed by atoms with Crippen LogP contribution >= 0.6 is 46.6 Å². The fraction of sp³-hybridized carbons (Fsp3) is 0.289. The van der Waals surface area contributed by atoms with Crippen LogP contribution in [0.3, 0.4) is 0 Å². The number of thioether (sulfide) groups is 1. The summed E-state index contributed by atoms with van der Waals surface area (Å²) in [6, 6.07) is 34.6. The number of rotatable bonds is 18. The van der Waals surface area contributed by atoms with Crippen LogP contribution < -0.4 is 16.4 Å². The van der Waals surface area contributed by atoms with Crippen molar-refractivity contribution in [3.05, 3.63) is 155 Å². The Morgan fingerprint density at radius 2 is 1.30 bits per heavy atom. The predicted octanol–water partition coefficient (Wildman–Crippen LogP) is 7.01. The Morgan fingerprint density at radius 3 is 1.77 bits per heavy atom. The molecule has 0 saturated carbocycles. The minimum absolute atomic E-state index is 0.0143. The second kappa shape index (κ2) is 21.7. The molecule has 4 aromatic carbocycles. The van der Waals surface area contributed by atoms with Crippen LogP contribution in [0.15, 0.2) is 133 Å². The Labute approximate surface area is 387 Å². The van der Waals surface area contributed by atoms with Gasteiger partial charge in [0.25, 0.3) is 11.6 Å². The monoisotopic (exact) mass is 952 g/mol.